The van der Waals surface area contributed by atoms with Crippen LogP contribution in [0.4, 0.5) is 5.69 Å². The van der Waals surface area contributed by atoms with E-state index in [9.17, 15) is 9.59 Å². The number of benzene rings is 1. The molecule has 0 bridgehead atoms. The van der Waals surface area contributed by atoms with Gasteiger partial charge in [-0.3, -0.25) is 4.79 Å². The topological polar surface area (TPSA) is 105 Å². The van der Waals surface area contributed by atoms with Gasteiger partial charge in [-0.05, 0) is 19.1 Å². The second-order valence-electron chi connectivity index (χ2n) is 3.21. The quantitative estimate of drug-likeness (QED) is 0.567. The molecular formula is C11H14N2O4. The van der Waals surface area contributed by atoms with Gasteiger partial charge in [-0.25, -0.2) is 4.79 Å². The van der Waals surface area contributed by atoms with E-state index in [2.05, 4.69) is 4.74 Å². The van der Waals surface area contributed by atoms with Crippen molar-refractivity contribution in [2.45, 2.75) is 6.92 Å². The number of amides is 1. The van der Waals surface area contributed by atoms with Crippen LogP contribution in [0.25, 0.3) is 0 Å². The van der Waals surface area contributed by atoms with Crippen molar-refractivity contribution < 1.29 is 19.1 Å². The minimum absolute atomic E-state index is 0.170. The lowest BCUT2D eigenvalue weighted by molar-refractivity contribution is -0.145. The number of primary amides is 1. The summed E-state index contributed by atoms with van der Waals surface area (Å²) in [6.45, 7) is 1.66. The molecule has 0 atom stereocenters. The summed E-state index contributed by atoms with van der Waals surface area (Å²) in [5, 5.41) is 0. The van der Waals surface area contributed by atoms with Gasteiger partial charge in [-0.1, -0.05) is 0 Å². The Morgan fingerprint density at radius 3 is 2.65 bits per heavy atom. The lowest BCUT2D eigenvalue weighted by Gasteiger charge is -2.09. The molecule has 6 heteroatoms. The van der Waals surface area contributed by atoms with Crippen LogP contribution in [0, 0.1) is 0 Å². The first-order valence-electron chi connectivity index (χ1n) is 5.02. The maximum Gasteiger partial charge on any atom is 0.344 e. The second-order valence-corrected chi connectivity index (χ2v) is 3.21. The number of carbonyl (C=O) groups excluding carboxylic acids is 2. The number of rotatable bonds is 5. The molecular weight excluding hydrogens is 224 g/mol. The van der Waals surface area contributed by atoms with Gasteiger partial charge in [0.05, 0.1) is 12.2 Å². The predicted octanol–water partition coefficient (Wildman–Crippen LogP) is 0.310. The maximum absolute atomic E-state index is 11.1. The Morgan fingerprint density at radius 2 is 2.06 bits per heavy atom. The predicted molar refractivity (Wildman–Crippen MR) is 61.5 cm³/mol. The van der Waals surface area contributed by atoms with Crippen molar-refractivity contribution in [3.63, 3.8) is 0 Å². The van der Waals surface area contributed by atoms with Crippen LogP contribution >= 0.6 is 0 Å². The van der Waals surface area contributed by atoms with E-state index in [4.69, 9.17) is 16.2 Å². The van der Waals surface area contributed by atoms with Crippen molar-refractivity contribution in [2.24, 2.45) is 5.73 Å². The third-order valence-corrected chi connectivity index (χ3v) is 1.92. The summed E-state index contributed by atoms with van der Waals surface area (Å²) in [5.41, 5.74) is 11.3. The van der Waals surface area contributed by atoms with Crippen molar-refractivity contribution in [2.75, 3.05) is 18.9 Å². The van der Waals surface area contributed by atoms with Crippen LogP contribution < -0.4 is 16.2 Å². The summed E-state index contributed by atoms with van der Waals surface area (Å²) >= 11 is 0. The number of anilines is 1. The first-order valence-corrected chi connectivity index (χ1v) is 5.02. The molecule has 1 amide bonds. The van der Waals surface area contributed by atoms with Crippen LogP contribution in [0.15, 0.2) is 18.2 Å². The van der Waals surface area contributed by atoms with Gasteiger partial charge in [0.25, 0.3) is 5.91 Å². The highest BCUT2D eigenvalue weighted by Crippen LogP contribution is 2.21. The molecule has 0 radical (unpaired) electrons. The van der Waals surface area contributed by atoms with Crippen LogP contribution in [0.1, 0.15) is 17.3 Å². The molecule has 0 aliphatic heterocycles. The Bertz CT molecular complexity index is 431. The third-order valence-electron chi connectivity index (χ3n) is 1.92. The summed E-state index contributed by atoms with van der Waals surface area (Å²) < 4.78 is 9.82. The van der Waals surface area contributed by atoms with Gasteiger partial charge >= 0.3 is 5.97 Å². The van der Waals surface area contributed by atoms with Crippen molar-refractivity contribution in [1.82, 2.24) is 0 Å². The summed E-state index contributed by atoms with van der Waals surface area (Å²) in [6.07, 6.45) is 0. The smallest absolute Gasteiger partial charge is 0.344 e. The molecule has 0 heterocycles. The maximum atomic E-state index is 11.1. The van der Waals surface area contributed by atoms with E-state index in [0.29, 0.717) is 5.69 Å². The zero-order valence-electron chi connectivity index (χ0n) is 9.43. The van der Waals surface area contributed by atoms with E-state index < -0.39 is 11.9 Å². The average Bonchev–Trinajstić information content (AvgIpc) is 2.26. The van der Waals surface area contributed by atoms with Gasteiger partial charge in [-0.2, -0.15) is 0 Å². The molecule has 0 saturated carbocycles. The fourth-order valence-electron chi connectivity index (χ4n) is 1.20. The standard InChI is InChI=1S/C11H14N2O4/c1-2-16-10(14)6-17-9-5-7(12)3-4-8(9)11(13)15/h3-5H,2,6,12H2,1H3,(H2,13,15). The van der Waals surface area contributed by atoms with Gasteiger partial charge in [0.1, 0.15) is 5.75 Å². The normalized spacial score (nSPS) is 9.71. The van der Waals surface area contributed by atoms with Crippen LogP contribution in [-0.2, 0) is 9.53 Å². The fourth-order valence-corrected chi connectivity index (χ4v) is 1.20. The van der Waals surface area contributed by atoms with E-state index in [-0.39, 0.29) is 24.5 Å². The number of nitrogens with two attached hydrogens (primary N) is 2. The van der Waals surface area contributed by atoms with Gasteiger partial charge in [-0.15, -0.1) is 0 Å². The van der Waals surface area contributed by atoms with Crippen LogP contribution in [0.2, 0.25) is 0 Å². The third kappa shape index (κ3) is 3.67. The highest BCUT2D eigenvalue weighted by molar-refractivity contribution is 5.96. The van der Waals surface area contributed by atoms with Crippen molar-refractivity contribution >= 4 is 17.6 Å². The van der Waals surface area contributed by atoms with Crippen LogP contribution in [0.3, 0.4) is 0 Å². The van der Waals surface area contributed by atoms with E-state index in [1.807, 2.05) is 0 Å². The van der Waals surface area contributed by atoms with Crippen molar-refractivity contribution in [3.05, 3.63) is 23.8 Å². The largest absolute Gasteiger partial charge is 0.481 e. The molecule has 0 aliphatic rings. The number of hydrogen-bond donors (Lipinski definition) is 2. The Kier molecular flexibility index (Phi) is 4.33. The highest BCUT2D eigenvalue weighted by Gasteiger charge is 2.11. The Hall–Kier alpha value is -2.24. The van der Waals surface area contributed by atoms with E-state index >= 15 is 0 Å². The van der Waals surface area contributed by atoms with Gasteiger partial charge in [0.2, 0.25) is 0 Å². The van der Waals surface area contributed by atoms with E-state index in [0.717, 1.165) is 0 Å². The second kappa shape index (κ2) is 5.74. The van der Waals surface area contributed by atoms with Crippen molar-refractivity contribution in [3.8, 4) is 5.75 Å². The molecule has 0 spiro atoms. The van der Waals surface area contributed by atoms with Crippen molar-refractivity contribution in [1.29, 1.82) is 0 Å². The molecule has 1 rings (SSSR count). The molecule has 0 fully saturated rings. The summed E-state index contributed by atoms with van der Waals surface area (Å²) in [6, 6.07) is 4.40. The molecule has 1 aromatic rings. The van der Waals surface area contributed by atoms with E-state index in [1.54, 1.807) is 6.92 Å². The zero-order chi connectivity index (χ0) is 12.8. The molecule has 1 aromatic carbocycles. The lowest BCUT2D eigenvalue weighted by atomic mass is 10.2. The number of nitrogen functional groups attached to an aromatic ring is 1. The van der Waals surface area contributed by atoms with Crippen LogP contribution in [-0.4, -0.2) is 25.1 Å². The molecule has 4 N–H and O–H groups in total. The monoisotopic (exact) mass is 238 g/mol. The van der Waals surface area contributed by atoms with Gasteiger partial charge in [0.15, 0.2) is 6.61 Å². The van der Waals surface area contributed by atoms with Gasteiger partial charge < -0.3 is 20.9 Å². The number of carbonyl (C=O) groups is 2. The minimum Gasteiger partial charge on any atom is -0.481 e. The number of hydrogen-bond acceptors (Lipinski definition) is 5. The molecule has 17 heavy (non-hydrogen) atoms. The van der Waals surface area contributed by atoms with Crippen LogP contribution in [0.5, 0.6) is 5.75 Å². The summed E-state index contributed by atoms with van der Waals surface area (Å²) in [4.78, 5) is 22.2. The molecule has 6 nitrogen and oxygen atoms in total. The number of esters is 1. The Labute approximate surface area is 98.5 Å². The molecule has 0 aromatic heterocycles. The number of ether oxygens (including phenoxy) is 2. The minimum atomic E-state index is -0.649. The first kappa shape index (κ1) is 12.8. The SMILES string of the molecule is CCOC(=O)COc1cc(N)ccc1C(N)=O. The summed E-state index contributed by atoms with van der Waals surface area (Å²) in [5.74, 6) is -1.00. The molecule has 0 aliphatic carbocycles. The Morgan fingerprint density at radius 1 is 1.35 bits per heavy atom. The average molecular weight is 238 g/mol. The summed E-state index contributed by atoms with van der Waals surface area (Å²) in [7, 11) is 0. The highest BCUT2D eigenvalue weighted by atomic mass is 16.6. The van der Waals surface area contributed by atoms with E-state index in [1.165, 1.54) is 18.2 Å². The molecule has 0 saturated heterocycles. The fraction of sp³-hybridized carbons (Fsp3) is 0.273. The molecule has 92 valence electrons. The molecule has 0 unspecified atom stereocenters. The van der Waals surface area contributed by atoms with Gasteiger partial charge in [0, 0.05) is 11.8 Å². The first-order chi connectivity index (χ1) is 8.04. The zero-order valence-corrected chi connectivity index (χ0v) is 9.43. The Balaban J connectivity index is 2.78. The lowest BCUT2D eigenvalue weighted by Crippen LogP contribution is -2.18.